The predicted octanol–water partition coefficient (Wildman–Crippen LogP) is 1.61. The minimum atomic E-state index is 0.0851. The SMILES string of the molecule is CC(C)C(=N)n1cc(Br)cnc1=N. The van der Waals surface area contributed by atoms with Crippen molar-refractivity contribution in [1.82, 2.24) is 9.55 Å². The van der Waals surface area contributed by atoms with Gasteiger partial charge in [-0.1, -0.05) is 13.8 Å². The molecular weight excluding hydrogens is 232 g/mol. The van der Waals surface area contributed by atoms with Crippen LogP contribution in [0.15, 0.2) is 16.9 Å². The molecule has 70 valence electrons. The molecular formula is C8H11BrN4. The van der Waals surface area contributed by atoms with E-state index in [0.717, 1.165) is 4.47 Å². The van der Waals surface area contributed by atoms with E-state index in [9.17, 15) is 0 Å². The number of nitrogens with zero attached hydrogens (tertiary/aromatic N) is 2. The van der Waals surface area contributed by atoms with Crippen molar-refractivity contribution in [2.45, 2.75) is 13.8 Å². The molecule has 0 spiro atoms. The van der Waals surface area contributed by atoms with Gasteiger partial charge in [0.05, 0.1) is 4.47 Å². The molecule has 0 unspecified atom stereocenters. The van der Waals surface area contributed by atoms with Crippen LogP contribution in [0.2, 0.25) is 0 Å². The smallest absolute Gasteiger partial charge is 0.227 e. The highest BCUT2D eigenvalue weighted by atomic mass is 79.9. The first kappa shape index (κ1) is 10.1. The standard InChI is InChI=1S/C8H11BrN4/c1-5(2)7(10)13-4-6(9)3-12-8(13)11/h3-5,10-11H,1-2H3. The molecule has 1 aromatic rings. The lowest BCUT2D eigenvalue weighted by atomic mass is 10.2. The van der Waals surface area contributed by atoms with E-state index < -0.39 is 0 Å². The monoisotopic (exact) mass is 242 g/mol. The Labute approximate surface area is 84.8 Å². The molecule has 0 fully saturated rings. The first-order valence-corrected chi connectivity index (χ1v) is 4.69. The van der Waals surface area contributed by atoms with Gasteiger partial charge in [0.1, 0.15) is 5.84 Å². The van der Waals surface area contributed by atoms with Gasteiger partial charge < -0.3 is 0 Å². The molecule has 5 heteroatoms. The van der Waals surface area contributed by atoms with Crippen LogP contribution in [-0.4, -0.2) is 15.4 Å². The van der Waals surface area contributed by atoms with Gasteiger partial charge in [0.15, 0.2) is 0 Å². The van der Waals surface area contributed by atoms with Crippen LogP contribution in [0.4, 0.5) is 0 Å². The van der Waals surface area contributed by atoms with Crippen LogP contribution >= 0.6 is 15.9 Å². The van der Waals surface area contributed by atoms with Gasteiger partial charge in [0.2, 0.25) is 5.62 Å². The van der Waals surface area contributed by atoms with E-state index in [1.54, 1.807) is 12.4 Å². The van der Waals surface area contributed by atoms with E-state index in [1.165, 1.54) is 4.57 Å². The maximum absolute atomic E-state index is 7.70. The molecule has 2 N–H and O–H groups in total. The molecule has 0 atom stereocenters. The third-order valence-electron chi connectivity index (χ3n) is 1.60. The Morgan fingerprint density at radius 3 is 2.77 bits per heavy atom. The Bertz CT molecular complexity index is 380. The molecule has 0 saturated heterocycles. The second-order valence-electron chi connectivity index (χ2n) is 3.01. The average molecular weight is 243 g/mol. The normalized spacial score (nSPS) is 10.5. The highest BCUT2D eigenvalue weighted by Crippen LogP contribution is 2.04. The van der Waals surface area contributed by atoms with Gasteiger partial charge in [-0.25, -0.2) is 4.98 Å². The molecule has 13 heavy (non-hydrogen) atoms. The predicted molar refractivity (Wildman–Crippen MR) is 53.7 cm³/mol. The van der Waals surface area contributed by atoms with Crippen LogP contribution in [0, 0.1) is 16.7 Å². The molecule has 1 heterocycles. The highest BCUT2D eigenvalue weighted by Gasteiger charge is 2.06. The Morgan fingerprint density at radius 2 is 2.23 bits per heavy atom. The summed E-state index contributed by atoms with van der Waals surface area (Å²) < 4.78 is 2.23. The zero-order valence-corrected chi connectivity index (χ0v) is 9.09. The summed E-state index contributed by atoms with van der Waals surface area (Å²) in [6, 6.07) is 0. The van der Waals surface area contributed by atoms with Crippen molar-refractivity contribution in [3.05, 3.63) is 22.5 Å². The molecule has 1 aromatic heterocycles. The minimum Gasteiger partial charge on any atom is -0.288 e. The Balaban J connectivity index is 3.21. The van der Waals surface area contributed by atoms with E-state index in [1.807, 2.05) is 13.8 Å². The molecule has 1 rings (SSSR count). The number of hydrogen-bond donors (Lipinski definition) is 2. The van der Waals surface area contributed by atoms with Crippen molar-refractivity contribution >= 4 is 21.8 Å². The fourth-order valence-corrected chi connectivity index (χ4v) is 1.17. The van der Waals surface area contributed by atoms with Gasteiger partial charge in [-0.3, -0.25) is 15.4 Å². The quantitative estimate of drug-likeness (QED) is 0.571. The molecule has 0 aliphatic carbocycles. The van der Waals surface area contributed by atoms with Crippen molar-refractivity contribution in [3.8, 4) is 0 Å². The maximum Gasteiger partial charge on any atom is 0.227 e. The van der Waals surface area contributed by atoms with Crippen LogP contribution in [0.3, 0.4) is 0 Å². The molecule has 0 aliphatic heterocycles. The minimum absolute atomic E-state index is 0.0851. The van der Waals surface area contributed by atoms with Crippen LogP contribution in [0.1, 0.15) is 13.8 Å². The van der Waals surface area contributed by atoms with E-state index in [-0.39, 0.29) is 11.5 Å². The second kappa shape index (κ2) is 3.83. The van der Waals surface area contributed by atoms with Crippen LogP contribution < -0.4 is 5.62 Å². The number of rotatable bonds is 1. The van der Waals surface area contributed by atoms with Gasteiger partial charge in [0, 0.05) is 18.3 Å². The van der Waals surface area contributed by atoms with Crippen molar-refractivity contribution in [1.29, 1.82) is 10.8 Å². The third kappa shape index (κ3) is 2.24. The van der Waals surface area contributed by atoms with Gasteiger partial charge >= 0.3 is 0 Å². The fourth-order valence-electron chi connectivity index (χ4n) is 0.865. The van der Waals surface area contributed by atoms with Gasteiger partial charge in [-0.15, -0.1) is 0 Å². The van der Waals surface area contributed by atoms with Gasteiger partial charge in [0.25, 0.3) is 0 Å². The summed E-state index contributed by atoms with van der Waals surface area (Å²) in [5.41, 5.74) is 0.0851. The Morgan fingerprint density at radius 1 is 1.62 bits per heavy atom. The van der Waals surface area contributed by atoms with E-state index in [2.05, 4.69) is 20.9 Å². The average Bonchev–Trinajstić information content (AvgIpc) is 2.08. The van der Waals surface area contributed by atoms with Gasteiger partial charge in [-0.05, 0) is 15.9 Å². The summed E-state index contributed by atoms with van der Waals surface area (Å²) in [6.45, 7) is 3.82. The summed E-state index contributed by atoms with van der Waals surface area (Å²) in [6.07, 6.45) is 3.23. The van der Waals surface area contributed by atoms with Crippen molar-refractivity contribution in [3.63, 3.8) is 0 Å². The molecule has 0 radical (unpaired) electrons. The highest BCUT2D eigenvalue weighted by molar-refractivity contribution is 9.10. The molecule has 0 saturated carbocycles. The van der Waals surface area contributed by atoms with Crippen molar-refractivity contribution in [2.75, 3.05) is 0 Å². The lowest BCUT2D eigenvalue weighted by Gasteiger charge is -2.10. The first-order chi connectivity index (χ1) is 6.02. The molecule has 0 bridgehead atoms. The second-order valence-corrected chi connectivity index (χ2v) is 3.92. The largest absolute Gasteiger partial charge is 0.288 e. The van der Waals surface area contributed by atoms with Crippen LogP contribution in [0.5, 0.6) is 0 Å². The molecule has 0 aliphatic rings. The number of hydrogen-bond acceptors (Lipinski definition) is 3. The zero-order valence-electron chi connectivity index (χ0n) is 7.50. The summed E-state index contributed by atoms with van der Waals surface area (Å²) in [5.74, 6) is 0.462. The summed E-state index contributed by atoms with van der Waals surface area (Å²) in [7, 11) is 0. The third-order valence-corrected chi connectivity index (χ3v) is 2.01. The lowest BCUT2D eigenvalue weighted by Crippen LogP contribution is -2.31. The first-order valence-electron chi connectivity index (χ1n) is 3.90. The van der Waals surface area contributed by atoms with Crippen LogP contribution in [0.25, 0.3) is 0 Å². The topological polar surface area (TPSA) is 65.5 Å². The molecule has 4 nitrogen and oxygen atoms in total. The summed E-state index contributed by atoms with van der Waals surface area (Å²) >= 11 is 3.25. The zero-order chi connectivity index (χ0) is 10.0. The van der Waals surface area contributed by atoms with Crippen molar-refractivity contribution in [2.24, 2.45) is 5.92 Å². The van der Waals surface area contributed by atoms with E-state index >= 15 is 0 Å². The summed E-state index contributed by atoms with van der Waals surface area (Å²) in [4.78, 5) is 3.82. The Hall–Kier alpha value is -0.970. The number of aromatic nitrogens is 2. The molecule has 0 aromatic carbocycles. The fraction of sp³-hybridized carbons (Fsp3) is 0.375. The lowest BCUT2D eigenvalue weighted by molar-refractivity contribution is 0.773. The van der Waals surface area contributed by atoms with Crippen molar-refractivity contribution < 1.29 is 0 Å². The summed E-state index contributed by atoms with van der Waals surface area (Å²) in [5, 5.41) is 15.2. The van der Waals surface area contributed by atoms with Crippen LogP contribution in [-0.2, 0) is 0 Å². The molecule has 0 amide bonds. The number of nitrogens with one attached hydrogen (secondary N) is 2. The van der Waals surface area contributed by atoms with Gasteiger partial charge in [-0.2, -0.15) is 0 Å². The number of halogens is 1. The maximum atomic E-state index is 7.70. The van der Waals surface area contributed by atoms with E-state index in [4.69, 9.17) is 10.8 Å². The van der Waals surface area contributed by atoms with E-state index in [0.29, 0.717) is 5.84 Å². The Kier molecular flexibility index (Phi) is 2.98.